The average molecular weight is 360 g/mol. The molecule has 2 atom stereocenters. The van der Waals surface area contributed by atoms with Crippen molar-refractivity contribution < 1.29 is 4.39 Å². The summed E-state index contributed by atoms with van der Waals surface area (Å²) in [4.78, 5) is 2.22. The van der Waals surface area contributed by atoms with Gasteiger partial charge >= 0.3 is 0 Å². The summed E-state index contributed by atoms with van der Waals surface area (Å²) in [7, 11) is 4.21. The summed E-state index contributed by atoms with van der Waals surface area (Å²) in [5.74, 6) is 0.683. The third-order valence-corrected chi connectivity index (χ3v) is 4.77. The molecule has 3 heteroatoms. The van der Waals surface area contributed by atoms with E-state index in [9.17, 15) is 4.39 Å². The van der Waals surface area contributed by atoms with Crippen molar-refractivity contribution in [2.24, 2.45) is 11.8 Å². The number of hydrogen-bond acceptors (Lipinski definition) is 1. The van der Waals surface area contributed by atoms with E-state index < -0.39 is 0 Å². The van der Waals surface area contributed by atoms with E-state index in [1.165, 1.54) is 23.3 Å². The smallest absolute Gasteiger partial charge is 0.123 e. The first kappa shape index (κ1) is 19.7. The second-order valence-electron chi connectivity index (χ2n) is 7.12. The predicted molar refractivity (Wildman–Crippen MR) is 106 cm³/mol. The van der Waals surface area contributed by atoms with Crippen molar-refractivity contribution in [1.29, 1.82) is 0 Å². The van der Waals surface area contributed by atoms with Gasteiger partial charge in [0.05, 0.1) is 0 Å². The van der Waals surface area contributed by atoms with E-state index in [1.54, 1.807) is 0 Å². The summed E-state index contributed by atoms with van der Waals surface area (Å²) in [6.45, 7) is 5.47. The third kappa shape index (κ3) is 6.30. The summed E-state index contributed by atoms with van der Waals surface area (Å²) in [6.07, 6.45) is 3.11. The molecule has 2 aromatic carbocycles. The van der Waals surface area contributed by atoms with Gasteiger partial charge in [0.2, 0.25) is 0 Å². The highest BCUT2D eigenvalue weighted by molar-refractivity contribution is 6.30. The molecule has 0 saturated carbocycles. The largest absolute Gasteiger partial charge is 0.309 e. The molecule has 0 aliphatic carbocycles. The van der Waals surface area contributed by atoms with Gasteiger partial charge in [-0.25, -0.2) is 4.39 Å². The Balaban J connectivity index is 2.27. The molecule has 1 nitrogen and oxygen atoms in total. The first-order chi connectivity index (χ1) is 11.8. The number of halogens is 2. The van der Waals surface area contributed by atoms with E-state index in [0.717, 1.165) is 23.6 Å². The lowest BCUT2D eigenvalue weighted by atomic mass is 9.81. The Kier molecular flexibility index (Phi) is 7.22. The lowest BCUT2D eigenvalue weighted by Gasteiger charge is -2.28. The minimum Gasteiger partial charge on any atom is -0.309 e. The first-order valence-electron chi connectivity index (χ1n) is 8.68. The molecule has 0 amide bonds. The molecule has 2 rings (SSSR count). The fourth-order valence-electron chi connectivity index (χ4n) is 3.36. The number of rotatable bonds is 7. The molecule has 0 saturated heterocycles. The fourth-order valence-corrected chi connectivity index (χ4v) is 3.57. The van der Waals surface area contributed by atoms with Gasteiger partial charge in [-0.3, -0.25) is 0 Å². The zero-order valence-electron chi connectivity index (χ0n) is 15.5. The Labute approximate surface area is 156 Å². The van der Waals surface area contributed by atoms with Gasteiger partial charge in [-0.15, -0.1) is 0 Å². The zero-order chi connectivity index (χ0) is 18.4. The van der Waals surface area contributed by atoms with E-state index >= 15 is 0 Å². The van der Waals surface area contributed by atoms with Crippen molar-refractivity contribution in [1.82, 2.24) is 4.90 Å². The quantitative estimate of drug-likeness (QED) is 0.591. The van der Waals surface area contributed by atoms with Crippen LogP contribution in [-0.4, -0.2) is 25.5 Å². The molecule has 0 fully saturated rings. The molecule has 0 aromatic heterocycles. The first-order valence-corrected chi connectivity index (χ1v) is 9.06. The Bertz CT molecular complexity index is 706. The SMILES string of the molecule is CC(=Cc1ccc(F)cc1)C(Cc1cccc(Cl)c1)C(C)CN(C)C. The van der Waals surface area contributed by atoms with Crippen molar-refractivity contribution >= 4 is 17.7 Å². The van der Waals surface area contributed by atoms with E-state index in [1.807, 2.05) is 30.3 Å². The molecule has 0 radical (unpaired) electrons. The van der Waals surface area contributed by atoms with Crippen LogP contribution in [0, 0.1) is 17.7 Å². The average Bonchev–Trinajstić information content (AvgIpc) is 2.54. The number of allylic oxidation sites excluding steroid dienone is 1. The fraction of sp³-hybridized carbons (Fsp3) is 0.364. The van der Waals surface area contributed by atoms with Crippen LogP contribution in [0.15, 0.2) is 54.1 Å². The summed E-state index contributed by atoms with van der Waals surface area (Å²) in [5, 5.41) is 0.775. The number of nitrogens with zero attached hydrogens (tertiary/aromatic N) is 1. The van der Waals surface area contributed by atoms with Gasteiger partial charge in [0, 0.05) is 11.6 Å². The molecular formula is C22H27ClFN. The molecule has 2 aromatic rings. The summed E-state index contributed by atoms with van der Waals surface area (Å²) < 4.78 is 13.1. The topological polar surface area (TPSA) is 3.24 Å². The molecule has 0 bridgehead atoms. The van der Waals surface area contributed by atoms with Crippen molar-refractivity contribution in [3.63, 3.8) is 0 Å². The van der Waals surface area contributed by atoms with Crippen LogP contribution < -0.4 is 0 Å². The minimum absolute atomic E-state index is 0.203. The third-order valence-electron chi connectivity index (χ3n) is 4.53. The summed E-state index contributed by atoms with van der Waals surface area (Å²) >= 11 is 6.16. The minimum atomic E-state index is -0.203. The molecular weight excluding hydrogens is 333 g/mol. The molecule has 0 heterocycles. The van der Waals surface area contributed by atoms with Crippen LogP contribution in [0.3, 0.4) is 0 Å². The maximum atomic E-state index is 13.1. The molecule has 0 N–H and O–H groups in total. The second-order valence-corrected chi connectivity index (χ2v) is 7.56. The normalized spacial score (nSPS) is 14.6. The van der Waals surface area contributed by atoms with Crippen LogP contribution in [0.4, 0.5) is 4.39 Å². The second kappa shape index (κ2) is 9.17. The van der Waals surface area contributed by atoms with Gasteiger partial charge < -0.3 is 4.90 Å². The van der Waals surface area contributed by atoms with E-state index in [4.69, 9.17) is 11.6 Å². The van der Waals surface area contributed by atoms with Crippen LogP contribution in [0.1, 0.15) is 25.0 Å². The van der Waals surface area contributed by atoms with Crippen molar-refractivity contribution in [3.8, 4) is 0 Å². The van der Waals surface area contributed by atoms with Crippen molar-refractivity contribution in [3.05, 3.63) is 76.1 Å². The van der Waals surface area contributed by atoms with Gasteiger partial charge in [0.1, 0.15) is 5.82 Å². The van der Waals surface area contributed by atoms with Gasteiger partial charge in [-0.2, -0.15) is 0 Å². The lowest BCUT2D eigenvalue weighted by Crippen LogP contribution is -2.27. The van der Waals surface area contributed by atoms with Crippen LogP contribution in [0.5, 0.6) is 0 Å². The molecule has 134 valence electrons. The van der Waals surface area contributed by atoms with Crippen LogP contribution >= 0.6 is 11.6 Å². The highest BCUT2D eigenvalue weighted by Crippen LogP contribution is 2.28. The van der Waals surface area contributed by atoms with Crippen molar-refractivity contribution in [2.45, 2.75) is 20.3 Å². The predicted octanol–water partition coefficient (Wildman–Crippen LogP) is 5.94. The highest BCUT2D eigenvalue weighted by Gasteiger charge is 2.20. The number of benzene rings is 2. The highest BCUT2D eigenvalue weighted by atomic mass is 35.5. The van der Waals surface area contributed by atoms with E-state index in [-0.39, 0.29) is 5.82 Å². The maximum absolute atomic E-state index is 13.1. The van der Waals surface area contributed by atoms with Crippen molar-refractivity contribution in [2.75, 3.05) is 20.6 Å². The van der Waals surface area contributed by atoms with E-state index in [0.29, 0.717) is 11.8 Å². The summed E-state index contributed by atoms with van der Waals surface area (Å²) in [6, 6.07) is 14.8. The Morgan fingerprint density at radius 1 is 1.16 bits per heavy atom. The van der Waals surface area contributed by atoms with Crippen LogP contribution in [0.25, 0.3) is 6.08 Å². The van der Waals surface area contributed by atoms with Gasteiger partial charge in [-0.1, -0.05) is 54.4 Å². The molecule has 0 spiro atoms. The standard InChI is InChI=1S/C22H27ClFN/c1-16(12-18-8-10-21(24)11-9-18)22(17(2)15-25(3)4)14-19-6-5-7-20(23)13-19/h5-13,17,22H,14-15H2,1-4H3. The van der Waals surface area contributed by atoms with Crippen LogP contribution in [-0.2, 0) is 6.42 Å². The number of hydrogen-bond donors (Lipinski definition) is 0. The van der Waals surface area contributed by atoms with Gasteiger partial charge in [0.25, 0.3) is 0 Å². The molecule has 0 aliphatic rings. The Hall–Kier alpha value is -1.64. The Morgan fingerprint density at radius 3 is 2.44 bits per heavy atom. The Morgan fingerprint density at radius 2 is 1.84 bits per heavy atom. The molecule has 2 unspecified atom stereocenters. The zero-order valence-corrected chi connectivity index (χ0v) is 16.2. The molecule has 0 aliphatic heterocycles. The van der Waals surface area contributed by atoms with Gasteiger partial charge in [0.15, 0.2) is 0 Å². The van der Waals surface area contributed by atoms with Gasteiger partial charge in [-0.05, 0) is 74.7 Å². The summed E-state index contributed by atoms with van der Waals surface area (Å²) in [5.41, 5.74) is 3.59. The van der Waals surface area contributed by atoms with E-state index in [2.05, 4.69) is 45.0 Å². The monoisotopic (exact) mass is 359 g/mol. The van der Waals surface area contributed by atoms with Crippen LogP contribution in [0.2, 0.25) is 5.02 Å². The lowest BCUT2D eigenvalue weighted by molar-refractivity contribution is 0.284. The maximum Gasteiger partial charge on any atom is 0.123 e. The molecule has 25 heavy (non-hydrogen) atoms.